The number of imide groups is 2. The number of ether oxygens (including phenoxy) is 2. The van der Waals surface area contributed by atoms with Crippen LogP contribution in [0.4, 0.5) is 4.79 Å². The Bertz CT molecular complexity index is 774. The van der Waals surface area contributed by atoms with Gasteiger partial charge in [-0.3, -0.25) is 20.2 Å². The first-order chi connectivity index (χ1) is 12.6. The molecule has 4 amide bonds. The van der Waals surface area contributed by atoms with Gasteiger partial charge in [-0.25, -0.2) is 4.79 Å². The molecule has 1 aromatic carbocycles. The number of benzene rings is 1. The van der Waals surface area contributed by atoms with E-state index in [1.807, 2.05) is 58.0 Å². The number of hydrogen-bond donors (Lipinski definition) is 2. The van der Waals surface area contributed by atoms with Crippen LogP contribution in [0.1, 0.15) is 45.8 Å². The van der Waals surface area contributed by atoms with Gasteiger partial charge in [0.15, 0.2) is 6.29 Å². The van der Waals surface area contributed by atoms with E-state index in [4.69, 9.17) is 9.47 Å². The van der Waals surface area contributed by atoms with Gasteiger partial charge in [-0.2, -0.15) is 0 Å². The molecule has 1 fully saturated rings. The van der Waals surface area contributed by atoms with E-state index in [0.29, 0.717) is 0 Å². The Hall–Kier alpha value is -2.51. The Morgan fingerprint density at radius 1 is 1.11 bits per heavy atom. The fourth-order valence-corrected chi connectivity index (χ4v) is 3.23. The molecule has 7 nitrogen and oxygen atoms in total. The summed E-state index contributed by atoms with van der Waals surface area (Å²) >= 11 is 0. The molecule has 7 heteroatoms. The number of amides is 4. The number of carbonyl (C=O) groups excluding carboxylic acids is 3. The van der Waals surface area contributed by atoms with Crippen LogP contribution in [0.2, 0.25) is 0 Å². The quantitative estimate of drug-likeness (QED) is 0.628. The van der Waals surface area contributed by atoms with Gasteiger partial charge in [-0.1, -0.05) is 57.2 Å². The van der Waals surface area contributed by atoms with Gasteiger partial charge in [0, 0.05) is 6.42 Å². The Morgan fingerprint density at radius 2 is 1.70 bits per heavy atom. The molecule has 0 unspecified atom stereocenters. The number of carbonyl (C=O) groups is 3. The second-order valence-electron chi connectivity index (χ2n) is 7.96. The summed E-state index contributed by atoms with van der Waals surface area (Å²) in [5, 5.41) is 4.20. The number of hydrogen-bond acceptors (Lipinski definition) is 5. The SMILES string of the molecule is CC1=CCC2(O[C@@H]1O[C@@H](c1ccccc1)C(C)(C)C)C(=O)NC(=O)NC2=O. The van der Waals surface area contributed by atoms with Gasteiger partial charge in [-0.05, 0) is 23.5 Å². The zero-order valence-corrected chi connectivity index (χ0v) is 15.9. The maximum atomic E-state index is 12.4. The molecule has 0 bridgehead atoms. The van der Waals surface area contributed by atoms with E-state index < -0.39 is 29.7 Å². The van der Waals surface area contributed by atoms with Crippen molar-refractivity contribution in [1.82, 2.24) is 10.6 Å². The van der Waals surface area contributed by atoms with E-state index in [0.717, 1.165) is 11.1 Å². The molecule has 3 rings (SSSR count). The Labute approximate surface area is 158 Å². The average molecular weight is 372 g/mol. The Balaban J connectivity index is 1.90. The van der Waals surface area contributed by atoms with E-state index in [9.17, 15) is 14.4 Å². The lowest BCUT2D eigenvalue weighted by Crippen LogP contribution is -2.69. The van der Waals surface area contributed by atoms with Gasteiger partial charge < -0.3 is 9.47 Å². The largest absolute Gasteiger partial charge is 0.340 e. The fourth-order valence-electron chi connectivity index (χ4n) is 3.23. The van der Waals surface area contributed by atoms with Crippen molar-refractivity contribution in [3.05, 3.63) is 47.5 Å². The van der Waals surface area contributed by atoms with E-state index in [2.05, 4.69) is 10.6 Å². The maximum Gasteiger partial charge on any atom is 0.328 e. The van der Waals surface area contributed by atoms with Crippen LogP contribution in [0.5, 0.6) is 0 Å². The molecule has 2 heterocycles. The number of nitrogens with one attached hydrogen (secondary N) is 2. The third-order valence-electron chi connectivity index (χ3n) is 4.73. The molecule has 2 N–H and O–H groups in total. The van der Waals surface area contributed by atoms with Gasteiger partial charge in [0.05, 0.1) is 6.10 Å². The molecular formula is C20H24N2O5. The normalized spacial score (nSPS) is 23.5. The van der Waals surface area contributed by atoms with E-state index >= 15 is 0 Å². The molecule has 2 atom stereocenters. The highest BCUT2D eigenvalue weighted by Crippen LogP contribution is 2.40. The van der Waals surface area contributed by atoms with Crippen LogP contribution < -0.4 is 10.6 Å². The van der Waals surface area contributed by atoms with E-state index in [1.54, 1.807) is 6.08 Å². The van der Waals surface area contributed by atoms with Crippen molar-refractivity contribution in [3.8, 4) is 0 Å². The minimum Gasteiger partial charge on any atom is -0.340 e. The summed E-state index contributed by atoms with van der Waals surface area (Å²) in [7, 11) is 0. The monoisotopic (exact) mass is 372 g/mol. The Morgan fingerprint density at radius 3 is 2.26 bits per heavy atom. The first-order valence-electron chi connectivity index (χ1n) is 8.85. The maximum absolute atomic E-state index is 12.4. The van der Waals surface area contributed by atoms with Crippen LogP contribution in [-0.4, -0.2) is 29.7 Å². The molecule has 27 heavy (non-hydrogen) atoms. The molecule has 1 saturated heterocycles. The first-order valence-corrected chi connectivity index (χ1v) is 8.85. The summed E-state index contributed by atoms with van der Waals surface area (Å²) in [5.41, 5.74) is -0.336. The highest BCUT2D eigenvalue weighted by atomic mass is 16.7. The molecular weight excluding hydrogens is 348 g/mol. The zero-order chi connectivity index (χ0) is 19.8. The molecule has 0 radical (unpaired) electrons. The van der Waals surface area contributed by atoms with Crippen LogP contribution >= 0.6 is 0 Å². The standard InChI is InChI=1S/C20H24N2O5/c1-12-10-11-20(16(23)21-18(25)22-17(20)24)27-15(12)26-14(19(2,3)4)13-8-6-5-7-9-13/h5-10,14-15H,11H2,1-4H3,(H2,21,22,23,24,25)/t14-,15-/m0/s1. The van der Waals surface area contributed by atoms with Crippen molar-refractivity contribution in [2.24, 2.45) is 5.41 Å². The summed E-state index contributed by atoms with van der Waals surface area (Å²) < 4.78 is 12.2. The van der Waals surface area contributed by atoms with Crippen molar-refractivity contribution in [2.45, 2.75) is 52.1 Å². The zero-order valence-electron chi connectivity index (χ0n) is 15.9. The summed E-state index contributed by atoms with van der Waals surface area (Å²) in [6.07, 6.45) is 0.551. The minimum atomic E-state index is -1.81. The molecule has 144 valence electrons. The first kappa shape index (κ1) is 19.3. The lowest BCUT2D eigenvalue weighted by Gasteiger charge is -2.42. The molecule has 2 aliphatic heterocycles. The van der Waals surface area contributed by atoms with Crippen LogP contribution in [0.3, 0.4) is 0 Å². The average Bonchev–Trinajstić information content (AvgIpc) is 2.59. The second kappa shape index (κ2) is 6.90. The van der Waals surface area contributed by atoms with Gasteiger partial charge in [0.1, 0.15) is 0 Å². The number of urea groups is 1. The predicted octanol–water partition coefficient (Wildman–Crippen LogP) is 2.59. The summed E-state index contributed by atoms with van der Waals surface area (Å²) in [6.45, 7) is 7.95. The van der Waals surface area contributed by atoms with Gasteiger partial charge in [0.2, 0.25) is 5.60 Å². The van der Waals surface area contributed by atoms with Crippen LogP contribution in [0.25, 0.3) is 0 Å². The van der Waals surface area contributed by atoms with Crippen LogP contribution in [0.15, 0.2) is 42.0 Å². The van der Waals surface area contributed by atoms with Crippen LogP contribution in [0, 0.1) is 5.41 Å². The number of barbiturate groups is 1. The molecule has 0 aliphatic carbocycles. The van der Waals surface area contributed by atoms with E-state index in [-0.39, 0.29) is 17.9 Å². The molecule has 2 aliphatic rings. The second-order valence-corrected chi connectivity index (χ2v) is 7.96. The van der Waals surface area contributed by atoms with Crippen molar-refractivity contribution >= 4 is 17.8 Å². The minimum absolute atomic E-state index is 0.0369. The Kier molecular flexibility index (Phi) is 4.92. The topological polar surface area (TPSA) is 93.7 Å². The van der Waals surface area contributed by atoms with Crippen molar-refractivity contribution < 1.29 is 23.9 Å². The van der Waals surface area contributed by atoms with Gasteiger partial charge >= 0.3 is 6.03 Å². The number of rotatable bonds is 3. The summed E-state index contributed by atoms with van der Waals surface area (Å²) in [4.78, 5) is 36.2. The van der Waals surface area contributed by atoms with Crippen LogP contribution in [-0.2, 0) is 19.1 Å². The molecule has 1 aromatic rings. The molecule has 0 saturated carbocycles. The highest BCUT2D eigenvalue weighted by Gasteiger charge is 2.54. The van der Waals surface area contributed by atoms with Gasteiger partial charge in [0.25, 0.3) is 11.8 Å². The third kappa shape index (κ3) is 3.65. The fraction of sp³-hybridized carbons (Fsp3) is 0.450. The highest BCUT2D eigenvalue weighted by molar-refractivity contribution is 6.21. The smallest absolute Gasteiger partial charge is 0.328 e. The van der Waals surface area contributed by atoms with Crippen molar-refractivity contribution in [1.29, 1.82) is 0 Å². The molecule has 0 aromatic heterocycles. The summed E-state index contributed by atoms with van der Waals surface area (Å²) in [5.74, 6) is -1.55. The lowest BCUT2D eigenvalue weighted by atomic mass is 9.84. The lowest BCUT2D eigenvalue weighted by molar-refractivity contribution is -0.229. The summed E-state index contributed by atoms with van der Waals surface area (Å²) in [6, 6.07) is 8.86. The predicted molar refractivity (Wildman–Crippen MR) is 97.4 cm³/mol. The third-order valence-corrected chi connectivity index (χ3v) is 4.73. The van der Waals surface area contributed by atoms with Gasteiger partial charge in [-0.15, -0.1) is 0 Å². The van der Waals surface area contributed by atoms with Crippen molar-refractivity contribution in [3.63, 3.8) is 0 Å². The molecule has 1 spiro atoms. The van der Waals surface area contributed by atoms with Crippen molar-refractivity contribution in [2.75, 3.05) is 0 Å². The van der Waals surface area contributed by atoms with E-state index in [1.165, 1.54) is 0 Å².